The van der Waals surface area contributed by atoms with E-state index in [2.05, 4.69) is 20.8 Å². The molecule has 1 aromatic rings. The molecule has 1 aromatic carbocycles. The highest BCUT2D eigenvalue weighted by Gasteiger charge is 2.16. The van der Waals surface area contributed by atoms with Gasteiger partial charge in [-0.3, -0.25) is 0 Å². The molecule has 2 unspecified atom stereocenters. The summed E-state index contributed by atoms with van der Waals surface area (Å²) in [6.07, 6.45) is 0.122. The summed E-state index contributed by atoms with van der Waals surface area (Å²) in [5.74, 6) is 1.32. The van der Waals surface area contributed by atoms with Crippen LogP contribution in [0.2, 0.25) is 0 Å². The van der Waals surface area contributed by atoms with Crippen molar-refractivity contribution < 1.29 is 9.47 Å². The van der Waals surface area contributed by atoms with Gasteiger partial charge >= 0.3 is 0 Å². The van der Waals surface area contributed by atoms with Gasteiger partial charge in [0.05, 0.1) is 19.3 Å². The predicted molar refractivity (Wildman–Crippen MR) is 70.2 cm³/mol. The van der Waals surface area contributed by atoms with Crippen LogP contribution in [0.1, 0.15) is 32.4 Å². The third kappa shape index (κ3) is 4.02. The minimum absolute atomic E-state index is 0.0671. The molecule has 17 heavy (non-hydrogen) atoms. The molecule has 0 heterocycles. The lowest BCUT2D eigenvalue weighted by Crippen LogP contribution is -2.24. The van der Waals surface area contributed by atoms with Gasteiger partial charge in [-0.1, -0.05) is 26.0 Å². The van der Waals surface area contributed by atoms with Crippen LogP contribution >= 0.6 is 0 Å². The Labute approximate surface area is 104 Å². The first-order valence-electron chi connectivity index (χ1n) is 6.08. The van der Waals surface area contributed by atoms with Gasteiger partial charge in [0, 0.05) is 6.54 Å². The van der Waals surface area contributed by atoms with Crippen molar-refractivity contribution in [1.82, 2.24) is 0 Å². The van der Waals surface area contributed by atoms with Crippen molar-refractivity contribution in [3.63, 3.8) is 0 Å². The third-order valence-corrected chi connectivity index (χ3v) is 3.00. The van der Waals surface area contributed by atoms with E-state index in [-0.39, 0.29) is 12.2 Å². The number of nitrogens with two attached hydrogens (primary N) is 1. The van der Waals surface area contributed by atoms with Gasteiger partial charge in [0.15, 0.2) is 0 Å². The molecule has 0 aliphatic rings. The summed E-state index contributed by atoms with van der Waals surface area (Å²) in [6.45, 7) is 6.84. The maximum atomic E-state index is 5.97. The zero-order valence-corrected chi connectivity index (χ0v) is 11.1. The average molecular weight is 237 g/mol. The number of hydrogen-bond acceptors (Lipinski definition) is 3. The van der Waals surface area contributed by atoms with Crippen molar-refractivity contribution in [2.75, 3.05) is 13.7 Å². The molecular weight excluding hydrogens is 214 g/mol. The maximum absolute atomic E-state index is 5.97. The van der Waals surface area contributed by atoms with E-state index < -0.39 is 0 Å². The average Bonchev–Trinajstić information content (AvgIpc) is 2.35. The Hall–Kier alpha value is -1.06. The highest BCUT2D eigenvalue weighted by molar-refractivity contribution is 5.30. The summed E-state index contributed by atoms with van der Waals surface area (Å²) in [4.78, 5) is 0. The van der Waals surface area contributed by atoms with E-state index in [9.17, 15) is 0 Å². The summed E-state index contributed by atoms with van der Waals surface area (Å²) < 4.78 is 11.2. The molecule has 3 heteroatoms. The van der Waals surface area contributed by atoms with Crippen LogP contribution in [0.3, 0.4) is 0 Å². The lowest BCUT2D eigenvalue weighted by atomic mass is 10.1. The van der Waals surface area contributed by atoms with E-state index in [0.717, 1.165) is 11.3 Å². The fourth-order valence-electron chi connectivity index (χ4n) is 1.53. The normalized spacial score (nSPS) is 14.7. The van der Waals surface area contributed by atoms with Gasteiger partial charge in [0.1, 0.15) is 5.75 Å². The second-order valence-corrected chi connectivity index (χ2v) is 4.59. The number of benzene rings is 1. The van der Waals surface area contributed by atoms with Gasteiger partial charge in [0.25, 0.3) is 0 Å². The predicted octanol–water partition coefficient (Wildman–Crippen LogP) is 2.76. The molecular formula is C14H23NO2. The molecule has 0 saturated heterocycles. The van der Waals surface area contributed by atoms with Crippen LogP contribution in [0, 0.1) is 5.92 Å². The fourth-order valence-corrected chi connectivity index (χ4v) is 1.53. The highest BCUT2D eigenvalue weighted by atomic mass is 16.5. The summed E-state index contributed by atoms with van der Waals surface area (Å²) in [5, 5.41) is 0. The van der Waals surface area contributed by atoms with E-state index in [1.54, 1.807) is 7.11 Å². The van der Waals surface area contributed by atoms with Gasteiger partial charge in [-0.15, -0.1) is 0 Å². The first-order chi connectivity index (χ1) is 8.08. The molecule has 2 atom stereocenters. The Morgan fingerprint density at radius 3 is 2.47 bits per heavy atom. The topological polar surface area (TPSA) is 44.5 Å². The Morgan fingerprint density at radius 1 is 1.24 bits per heavy atom. The molecule has 0 aliphatic heterocycles. The molecule has 0 spiro atoms. The van der Waals surface area contributed by atoms with Crippen LogP contribution in [-0.4, -0.2) is 19.8 Å². The summed E-state index contributed by atoms with van der Waals surface area (Å²) in [6, 6.07) is 7.88. The molecule has 96 valence electrons. The smallest absolute Gasteiger partial charge is 0.119 e. The minimum Gasteiger partial charge on any atom is -0.497 e. The van der Waals surface area contributed by atoms with Crippen molar-refractivity contribution in [1.29, 1.82) is 0 Å². The zero-order chi connectivity index (χ0) is 12.8. The number of hydrogen-bond donors (Lipinski definition) is 1. The van der Waals surface area contributed by atoms with Crippen molar-refractivity contribution >= 4 is 0 Å². The molecule has 0 fully saturated rings. The van der Waals surface area contributed by atoms with Crippen molar-refractivity contribution in [2.24, 2.45) is 11.7 Å². The minimum atomic E-state index is -0.0671. The van der Waals surface area contributed by atoms with Crippen LogP contribution in [-0.2, 0) is 4.74 Å². The quantitative estimate of drug-likeness (QED) is 0.827. The molecule has 2 N–H and O–H groups in total. The standard InChI is InChI=1S/C14H23NO2/c1-10(2)11(3)17-14(9-15)12-6-5-7-13(8-12)16-4/h5-8,10-11,14H,9,15H2,1-4H3. The van der Waals surface area contributed by atoms with Gasteiger partial charge in [-0.2, -0.15) is 0 Å². The second-order valence-electron chi connectivity index (χ2n) is 4.59. The zero-order valence-electron chi connectivity index (χ0n) is 11.1. The Balaban J connectivity index is 2.78. The molecule has 0 aliphatic carbocycles. The van der Waals surface area contributed by atoms with Gasteiger partial charge in [0.2, 0.25) is 0 Å². The second kappa shape index (κ2) is 6.62. The van der Waals surface area contributed by atoms with Gasteiger partial charge in [-0.05, 0) is 30.5 Å². The molecule has 0 saturated carbocycles. The largest absolute Gasteiger partial charge is 0.497 e. The Bertz CT molecular complexity index is 339. The van der Waals surface area contributed by atoms with Crippen molar-refractivity contribution in [3.8, 4) is 5.75 Å². The van der Waals surface area contributed by atoms with E-state index >= 15 is 0 Å². The number of rotatable bonds is 6. The van der Waals surface area contributed by atoms with Crippen molar-refractivity contribution in [2.45, 2.75) is 33.0 Å². The molecule has 0 aromatic heterocycles. The van der Waals surface area contributed by atoms with Crippen LogP contribution in [0.5, 0.6) is 5.75 Å². The molecule has 3 nitrogen and oxygen atoms in total. The third-order valence-electron chi connectivity index (χ3n) is 3.00. The van der Waals surface area contributed by atoms with Gasteiger partial charge in [-0.25, -0.2) is 0 Å². The van der Waals surface area contributed by atoms with Crippen LogP contribution in [0.15, 0.2) is 24.3 Å². The first kappa shape index (κ1) is 14.0. The SMILES string of the molecule is COc1cccc(C(CN)OC(C)C(C)C)c1. The molecule has 0 radical (unpaired) electrons. The molecule has 0 amide bonds. The van der Waals surface area contributed by atoms with E-state index in [1.807, 2.05) is 24.3 Å². The van der Waals surface area contributed by atoms with E-state index in [0.29, 0.717) is 12.5 Å². The number of ether oxygens (including phenoxy) is 2. The van der Waals surface area contributed by atoms with Gasteiger partial charge < -0.3 is 15.2 Å². The Morgan fingerprint density at radius 2 is 1.94 bits per heavy atom. The lowest BCUT2D eigenvalue weighted by Gasteiger charge is -2.24. The highest BCUT2D eigenvalue weighted by Crippen LogP contribution is 2.24. The van der Waals surface area contributed by atoms with E-state index in [1.165, 1.54) is 0 Å². The first-order valence-corrected chi connectivity index (χ1v) is 6.08. The maximum Gasteiger partial charge on any atom is 0.119 e. The lowest BCUT2D eigenvalue weighted by molar-refractivity contribution is -0.0221. The monoisotopic (exact) mass is 237 g/mol. The summed E-state index contributed by atoms with van der Waals surface area (Å²) >= 11 is 0. The number of methoxy groups -OCH3 is 1. The Kier molecular flexibility index (Phi) is 5.45. The molecule has 1 rings (SSSR count). The van der Waals surface area contributed by atoms with Crippen molar-refractivity contribution in [3.05, 3.63) is 29.8 Å². The summed E-state index contributed by atoms with van der Waals surface area (Å²) in [5.41, 5.74) is 6.85. The van der Waals surface area contributed by atoms with Crippen LogP contribution < -0.4 is 10.5 Å². The fraction of sp³-hybridized carbons (Fsp3) is 0.571. The van der Waals surface area contributed by atoms with E-state index in [4.69, 9.17) is 15.2 Å². The summed E-state index contributed by atoms with van der Waals surface area (Å²) in [7, 11) is 1.66. The van der Waals surface area contributed by atoms with Crippen LogP contribution in [0.4, 0.5) is 0 Å². The van der Waals surface area contributed by atoms with Crippen LogP contribution in [0.25, 0.3) is 0 Å². The molecule has 0 bridgehead atoms.